The fraction of sp³-hybridized carbons (Fsp3) is 0.600. The zero-order valence-electron chi connectivity index (χ0n) is 15.2. The van der Waals surface area contributed by atoms with Gasteiger partial charge in [-0.3, -0.25) is 9.59 Å². The van der Waals surface area contributed by atoms with Crippen LogP contribution in [0.25, 0.3) is 0 Å². The number of hydrogen-bond acceptors (Lipinski definition) is 3. The van der Waals surface area contributed by atoms with Crippen LogP contribution in [0.4, 0.5) is 5.69 Å². The summed E-state index contributed by atoms with van der Waals surface area (Å²) >= 11 is 0. The lowest BCUT2D eigenvalue weighted by molar-refractivity contribution is -0.126. The summed E-state index contributed by atoms with van der Waals surface area (Å²) in [7, 11) is 0. The number of benzene rings is 1. The molecular formula is C20H28N2O3. The van der Waals surface area contributed by atoms with Crippen molar-refractivity contribution in [2.75, 3.05) is 31.2 Å². The first-order valence-corrected chi connectivity index (χ1v) is 9.30. The van der Waals surface area contributed by atoms with Crippen LogP contribution in [-0.2, 0) is 14.3 Å². The maximum atomic E-state index is 12.4. The number of rotatable bonds is 5. The summed E-state index contributed by atoms with van der Waals surface area (Å²) in [5.41, 5.74) is 2.13. The molecule has 1 unspecified atom stereocenters. The Morgan fingerprint density at radius 2 is 1.92 bits per heavy atom. The molecule has 2 heterocycles. The fourth-order valence-corrected chi connectivity index (χ4v) is 3.51. The van der Waals surface area contributed by atoms with Gasteiger partial charge in [-0.05, 0) is 42.4 Å². The molecule has 0 radical (unpaired) electrons. The van der Waals surface area contributed by atoms with E-state index < -0.39 is 0 Å². The second-order valence-electron chi connectivity index (χ2n) is 7.45. The average Bonchev–Trinajstić information content (AvgIpc) is 3.02. The predicted octanol–water partition coefficient (Wildman–Crippen LogP) is 2.71. The van der Waals surface area contributed by atoms with E-state index in [0.717, 1.165) is 31.7 Å². The van der Waals surface area contributed by atoms with E-state index in [-0.39, 0.29) is 17.7 Å². The zero-order chi connectivity index (χ0) is 17.8. The number of nitrogens with zero attached hydrogens (tertiary/aromatic N) is 1. The van der Waals surface area contributed by atoms with E-state index in [4.69, 9.17) is 4.74 Å². The Morgan fingerprint density at radius 1 is 1.24 bits per heavy atom. The average molecular weight is 344 g/mol. The molecule has 2 fully saturated rings. The summed E-state index contributed by atoms with van der Waals surface area (Å²) in [5.74, 6) is 0.739. The molecule has 1 aromatic carbocycles. The molecule has 136 valence electrons. The highest BCUT2D eigenvalue weighted by molar-refractivity contribution is 6.00. The molecule has 1 N–H and O–H groups in total. The lowest BCUT2D eigenvalue weighted by Gasteiger charge is -2.23. The molecular weight excluding hydrogens is 316 g/mol. The van der Waals surface area contributed by atoms with Crippen molar-refractivity contribution in [1.29, 1.82) is 0 Å². The second-order valence-corrected chi connectivity index (χ2v) is 7.45. The highest BCUT2D eigenvalue weighted by atomic mass is 16.5. The van der Waals surface area contributed by atoms with Gasteiger partial charge in [0, 0.05) is 38.4 Å². The predicted molar refractivity (Wildman–Crippen MR) is 97.5 cm³/mol. The van der Waals surface area contributed by atoms with Crippen LogP contribution >= 0.6 is 0 Å². The summed E-state index contributed by atoms with van der Waals surface area (Å²) < 4.78 is 5.34. The number of hydrogen-bond donors (Lipinski definition) is 1. The number of anilines is 1. The quantitative estimate of drug-likeness (QED) is 0.893. The minimum absolute atomic E-state index is 0.00106. The smallest absolute Gasteiger partial charge is 0.227 e. The monoisotopic (exact) mass is 344 g/mol. The first kappa shape index (κ1) is 17.9. The fourth-order valence-electron chi connectivity index (χ4n) is 3.51. The Morgan fingerprint density at radius 3 is 2.56 bits per heavy atom. The zero-order valence-corrected chi connectivity index (χ0v) is 15.2. The highest BCUT2D eigenvalue weighted by Gasteiger charge is 2.35. The molecule has 2 amide bonds. The Bertz CT molecular complexity index is 606. The normalized spacial score (nSPS) is 21.8. The number of carbonyl (C=O) groups is 2. The summed E-state index contributed by atoms with van der Waals surface area (Å²) in [4.78, 5) is 26.5. The van der Waals surface area contributed by atoms with Crippen molar-refractivity contribution in [1.82, 2.24) is 5.32 Å². The van der Waals surface area contributed by atoms with E-state index in [1.165, 1.54) is 5.56 Å². The van der Waals surface area contributed by atoms with Gasteiger partial charge in [-0.1, -0.05) is 26.0 Å². The van der Waals surface area contributed by atoms with Crippen molar-refractivity contribution < 1.29 is 14.3 Å². The van der Waals surface area contributed by atoms with Crippen LogP contribution in [0.2, 0.25) is 0 Å². The maximum Gasteiger partial charge on any atom is 0.227 e. The number of amides is 2. The Kier molecular flexibility index (Phi) is 5.74. The summed E-state index contributed by atoms with van der Waals surface area (Å²) in [6, 6.07) is 8.09. The second kappa shape index (κ2) is 8.00. The van der Waals surface area contributed by atoms with Gasteiger partial charge in [0.05, 0.1) is 5.92 Å². The van der Waals surface area contributed by atoms with E-state index in [2.05, 4.69) is 31.3 Å². The standard InChI is InChI=1S/C20H28N2O3/c1-14(2)16-3-5-18(6-4-16)22-13-17(11-19(22)23)20(24)21-12-15-7-9-25-10-8-15/h3-6,14-15,17H,7-13H2,1-2H3,(H,21,24). The van der Waals surface area contributed by atoms with Crippen molar-refractivity contribution in [3.8, 4) is 0 Å². The highest BCUT2D eigenvalue weighted by Crippen LogP contribution is 2.27. The van der Waals surface area contributed by atoms with Gasteiger partial charge in [-0.2, -0.15) is 0 Å². The molecule has 1 aromatic rings. The van der Waals surface area contributed by atoms with Crippen LogP contribution in [0.1, 0.15) is 44.6 Å². The van der Waals surface area contributed by atoms with Crippen molar-refractivity contribution in [2.45, 2.75) is 39.0 Å². The first-order chi connectivity index (χ1) is 12.0. The van der Waals surface area contributed by atoms with E-state index in [0.29, 0.717) is 31.3 Å². The maximum absolute atomic E-state index is 12.4. The van der Waals surface area contributed by atoms with Gasteiger partial charge < -0.3 is 15.0 Å². The van der Waals surface area contributed by atoms with Crippen molar-refractivity contribution in [3.05, 3.63) is 29.8 Å². The molecule has 0 aliphatic carbocycles. The molecule has 25 heavy (non-hydrogen) atoms. The lowest BCUT2D eigenvalue weighted by Crippen LogP contribution is -2.37. The van der Waals surface area contributed by atoms with Crippen LogP contribution in [0, 0.1) is 11.8 Å². The summed E-state index contributed by atoms with van der Waals surface area (Å²) in [6.45, 7) is 7.02. The third-order valence-corrected chi connectivity index (χ3v) is 5.27. The third kappa shape index (κ3) is 4.40. The van der Waals surface area contributed by atoms with Crippen LogP contribution in [0.15, 0.2) is 24.3 Å². The van der Waals surface area contributed by atoms with Gasteiger partial charge in [0.2, 0.25) is 11.8 Å². The van der Waals surface area contributed by atoms with Crippen LogP contribution < -0.4 is 10.2 Å². The summed E-state index contributed by atoms with van der Waals surface area (Å²) in [6.07, 6.45) is 2.29. The molecule has 5 heteroatoms. The Balaban J connectivity index is 1.55. The number of ether oxygens (including phenoxy) is 1. The van der Waals surface area contributed by atoms with Gasteiger partial charge in [0.25, 0.3) is 0 Å². The van der Waals surface area contributed by atoms with E-state index >= 15 is 0 Å². The number of carbonyl (C=O) groups excluding carboxylic acids is 2. The molecule has 2 aliphatic rings. The Hall–Kier alpha value is -1.88. The molecule has 3 rings (SSSR count). The molecule has 0 saturated carbocycles. The van der Waals surface area contributed by atoms with Crippen LogP contribution in [0.3, 0.4) is 0 Å². The van der Waals surface area contributed by atoms with Crippen LogP contribution in [0.5, 0.6) is 0 Å². The van der Waals surface area contributed by atoms with Crippen LogP contribution in [-0.4, -0.2) is 38.1 Å². The minimum Gasteiger partial charge on any atom is -0.381 e. The topological polar surface area (TPSA) is 58.6 Å². The van der Waals surface area contributed by atoms with Gasteiger partial charge in [-0.15, -0.1) is 0 Å². The van der Waals surface area contributed by atoms with E-state index in [1.807, 2.05) is 12.1 Å². The number of nitrogens with one attached hydrogen (secondary N) is 1. The Labute approximate surface area is 149 Å². The van der Waals surface area contributed by atoms with E-state index in [1.54, 1.807) is 4.90 Å². The molecule has 0 aromatic heterocycles. The molecule has 2 saturated heterocycles. The molecule has 0 spiro atoms. The summed E-state index contributed by atoms with van der Waals surface area (Å²) in [5, 5.41) is 3.04. The molecule has 5 nitrogen and oxygen atoms in total. The first-order valence-electron chi connectivity index (χ1n) is 9.30. The van der Waals surface area contributed by atoms with Gasteiger partial charge in [0.1, 0.15) is 0 Å². The van der Waals surface area contributed by atoms with E-state index in [9.17, 15) is 9.59 Å². The van der Waals surface area contributed by atoms with Crippen molar-refractivity contribution in [3.63, 3.8) is 0 Å². The van der Waals surface area contributed by atoms with Crippen molar-refractivity contribution >= 4 is 17.5 Å². The SMILES string of the molecule is CC(C)c1ccc(N2CC(C(=O)NCC3CCOCC3)CC2=O)cc1. The van der Waals surface area contributed by atoms with Crippen molar-refractivity contribution in [2.24, 2.45) is 11.8 Å². The molecule has 1 atom stereocenters. The lowest BCUT2D eigenvalue weighted by atomic mass is 10.00. The van der Waals surface area contributed by atoms with Gasteiger partial charge in [-0.25, -0.2) is 0 Å². The third-order valence-electron chi connectivity index (χ3n) is 5.27. The largest absolute Gasteiger partial charge is 0.381 e. The molecule has 0 bridgehead atoms. The minimum atomic E-state index is -0.253. The van der Waals surface area contributed by atoms with Gasteiger partial charge >= 0.3 is 0 Å². The molecule has 2 aliphatic heterocycles. The van der Waals surface area contributed by atoms with Gasteiger partial charge in [0.15, 0.2) is 0 Å².